The molecule has 0 bridgehead atoms. The van der Waals surface area contributed by atoms with Gasteiger partial charge >= 0.3 is 5.97 Å². The van der Waals surface area contributed by atoms with Gasteiger partial charge in [-0.15, -0.1) is 0 Å². The number of carbonyl (C=O) groups excluding carboxylic acids is 1. The number of rotatable bonds is 23. The first kappa shape index (κ1) is 42.2. The molecule has 0 aromatic rings. The maximum Gasteiger partial charge on any atom is 0.306 e. The van der Waals surface area contributed by atoms with Crippen LogP contribution in [0.2, 0.25) is 0 Å². The van der Waals surface area contributed by atoms with Crippen molar-refractivity contribution in [3.05, 3.63) is 48.1 Å². The minimum absolute atomic E-state index is 0.0491. The molecule has 4 aliphatic rings. The number of fused-ring (bicyclic) bond motifs is 5. The van der Waals surface area contributed by atoms with Crippen LogP contribution in [0, 0.1) is 46.3 Å². The van der Waals surface area contributed by atoms with Gasteiger partial charge in [-0.25, -0.2) is 0 Å². The molecule has 51 heavy (non-hydrogen) atoms. The molecule has 0 aromatic carbocycles. The highest BCUT2D eigenvalue weighted by atomic mass is 16.5. The topological polar surface area (TPSA) is 26.3 Å². The molecule has 0 amide bonds. The van der Waals surface area contributed by atoms with E-state index in [2.05, 4.69) is 84.1 Å². The molecule has 0 aliphatic heterocycles. The van der Waals surface area contributed by atoms with Crippen molar-refractivity contribution >= 4 is 5.97 Å². The Hall–Kier alpha value is -1.57. The van der Waals surface area contributed by atoms with Gasteiger partial charge in [0.15, 0.2) is 0 Å². The molecule has 8 unspecified atom stereocenters. The Morgan fingerprint density at radius 3 is 2.14 bits per heavy atom. The van der Waals surface area contributed by atoms with E-state index in [-0.39, 0.29) is 12.1 Å². The van der Waals surface area contributed by atoms with Gasteiger partial charge in [-0.3, -0.25) is 4.79 Å². The largest absolute Gasteiger partial charge is 0.462 e. The predicted molar refractivity (Wildman–Crippen MR) is 221 cm³/mol. The van der Waals surface area contributed by atoms with E-state index in [4.69, 9.17) is 4.74 Å². The van der Waals surface area contributed by atoms with Gasteiger partial charge < -0.3 is 4.74 Å². The second-order valence-corrected chi connectivity index (χ2v) is 18.7. The Labute approximate surface area is 317 Å². The highest BCUT2D eigenvalue weighted by Crippen LogP contribution is 2.67. The number of hydrogen-bond acceptors (Lipinski definition) is 2. The van der Waals surface area contributed by atoms with Crippen LogP contribution in [0.25, 0.3) is 0 Å². The fraction of sp³-hybridized carbons (Fsp3) is 0.816. The van der Waals surface area contributed by atoms with Gasteiger partial charge in [0.2, 0.25) is 0 Å². The van der Waals surface area contributed by atoms with E-state index in [1.165, 1.54) is 116 Å². The van der Waals surface area contributed by atoms with Crippen LogP contribution in [0.4, 0.5) is 0 Å². The summed E-state index contributed by atoms with van der Waals surface area (Å²) in [6, 6.07) is 0. The second kappa shape index (κ2) is 22.0. The molecule has 4 rings (SSSR count). The Morgan fingerprint density at radius 1 is 0.765 bits per heavy atom. The molecule has 4 aliphatic carbocycles. The average Bonchev–Trinajstić information content (AvgIpc) is 3.46. The first-order valence-corrected chi connectivity index (χ1v) is 22.5. The highest BCUT2D eigenvalue weighted by Gasteiger charge is 2.59. The van der Waals surface area contributed by atoms with Crippen molar-refractivity contribution in [2.75, 3.05) is 0 Å². The Balaban J connectivity index is 1.07. The van der Waals surface area contributed by atoms with Crippen LogP contribution in [0.3, 0.4) is 0 Å². The van der Waals surface area contributed by atoms with E-state index < -0.39 is 0 Å². The first-order chi connectivity index (χ1) is 24.7. The lowest BCUT2D eigenvalue weighted by Crippen LogP contribution is -2.51. The summed E-state index contributed by atoms with van der Waals surface area (Å²) >= 11 is 0. The summed E-state index contributed by atoms with van der Waals surface area (Å²) in [6.07, 6.45) is 47.5. The van der Waals surface area contributed by atoms with E-state index in [1.54, 1.807) is 5.57 Å². The van der Waals surface area contributed by atoms with Crippen molar-refractivity contribution in [2.45, 2.75) is 208 Å². The minimum atomic E-state index is 0.0491. The fourth-order valence-electron chi connectivity index (χ4n) is 11.5. The summed E-state index contributed by atoms with van der Waals surface area (Å²) in [6.45, 7) is 14.9. The van der Waals surface area contributed by atoms with Crippen molar-refractivity contribution < 1.29 is 9.53 Å². The highest BCUT2D eigenvalue weighted by molar-refractivity contribution is 5.69. The number of carbonyl (C=O) groups is 1. The quantitative estimate of drug-likeness (QED) is 0.0602. The average molecular weight is 703 g/mol. The van der Waals surface area contributed by atoms with Crippen molar-refractivity contribution in [1.82, 2.24) is 0 Å². The third-order valence-corrected chi connectivity index (χ3v) is 14.6. The molecule has 0 saturated heterocycles. The number of ether oxygens (including phenoxy) is 1. The van der Waals surface area contributed by atoms with Gasteiger partial charge in [0.05, 0.1) is 0 Å². The molecule has 2 nitrogen and oxygen atoms in total. The molecule has 290 valence electrons. The normalized spacial score (nSPS) is 31.3. The van der Waals surface area contributed by atoms with Gasteiger partial charge in [0, 0.05) is 12.8 Å². The third kappa shape index (κ3) is 12.5. The zero-order valence-electron chi connectivity index (χ0n) is 34.6. The van der Waals surface area contributed by atoms with Crippen LogP contribution in [0.15, 0.2) is 48.1 Å². The van der Waals surface area contributed by atoms with Crippen LogP contribution in [0.5, 0.6) is 0 Å². The zero-order valence-corrected chi connectivity index (χ0v) is 34.6. The van der Waals surface area contributed by atoms with Crippen LogP contribution in [-0.2, 0) is 9.53 Å². The molecule has 0 aromatic heterocycles. The van der Waals surface area contributed by atoms with Crippen molar-refractivity contribution in [3.8, 4) is 0 Å². The zero-order chi connectivity index (χ0) is 36.5. The van der Waals surface area contributed by atoms with Crippen LogP contribution >= 0.6 is 0 Å². The maximum atomic E-state index is 12.8. The lowest BCUT2D eigenvalue weighted by Gasteiger charge is -2.58. The van der Waals surface area contributed by atoms with Crippen molar-refractivity contribution in [2.24, 2.45) is 46.3 Å². The predicted octanol–water partition coefficient (Wildman–Crippen LogP) is 15.1. The SMILES string of the molecule is CCCCC/C=C\C/C=C\C/C=C\CCCCCCCCC(=O)OC1CCC2(C)C(=CCC3C2CCC2(C)C(C(C)CCCC(C)C)CCC32)C1. The molecule has 0 spiro atoms. The molecule has 2 heteroatoms. The molecule has 3 fully saturated rings. The van der Waals surface area contributed by atoms with Crippen LogP contribution < -0.4 is 0 Å². The third-order valence-electron chi connectivity index (χ3n) is 14.6. The van der Waals surface area contributed by atoms with Gasteiger partial charge in [0.25, 0.3) is 0 Å². The summed E-state index contributed by atoms with van der Waals surface area (Å²) < 4.78 is 6.14. The molecular formula is C49H82O2. The lowest BCUT2D eigenvalue weighted by atomic mass is 9.47. The van der Waals surface area contributed by atoms with E-state index in [0.29, 0.717) is 17.3 Å². The number of esters is 1. The van der Waals surface area contributed by atoms with E-state index in [0.717, 1.165) is 74.0 Å². The van der Waals surface area contributed by atoms with E-state index in [9.17, 15) is 4.79 Å². The second-order valence-electron chi connectivity index (χ2n) is 18.7. The summed E-state index contributed by atoms with van der Waals surface area (Å²) in [5, 5.41) is 0. The monoisotopic (exact) mass is 703 g/mol. The summed E-state index contributed by atoms with van der Waals surface area (Å²) in [5.41, 5.74) is 2.51. The lowest BCUT2D eigenvalue weighted by molar-refractivity contribution is -0.151. The van der Waals surface area contributed by atoms with Gasteiger partial charge in [-0.05, 0) is 136 Å². The maximum absolute atomic E-state index is 12.8. The van der Waals surface area contributed by atoms with Gasteiger partial charge in [-0.2, -0.15) is 0 Å². The molecular weight excluding hydrogens is 621 g/mol. The molecule has 8 atom stereocenters. The van der Waals surface area contributed by atoms with Crippen molar-refractivity contribution in [3.63, 3.8) is 0 Å². The summed E-state index contributed by atoms with van der Waals surface area (Å²) in [7, 11) is 0. The number of hydrogen-bond donors (Lipinski definition) is 0. The molecule has 0 radical (unpaired) electrons. The van der Waals surface area contributed by atoms with E-state index in [1.807, 2.05) is 0 Å². The summed E-state index contributed by atoms with van der Waals surface area (Å²) in [5.74, 6) is 5.29. The number of allylic oxidation sites excluding steroid dienone is 7. The van der Waals surface area contributed by atoms with Crippen molar-refractivity contribution in [1.29, 1.82) is 0 Å². The van der Waals surface area contributed by atoms with Gasteiger partial charge in [-0.1, -0.05) is 147 Å². The molecule has 3 saturated carbocycles. The van der Waals surface area contributed by atoms with Gasteiger partial charge in [0.1, 0.15) is 6.10 Å². The Bertz CT molecular complexity index is 1130. The minimum Gasteiger partial charge on any atom is -0.462 e. The molecule has 0 N–H and O–H groups in total. The Morgan fingerprint density at radius 2 is 1.43 bits per heavy atom. The number of unbranched alkanes of at least 4 members (excludes halogenated alkanes) is 9. The smallest absolute Gasteiger partial charge is 0.306 e. The first-order valence-electron chi connectivity index (χ1n) is 22.5. The fourth-order valence-corrected chi connectivity index (χ4v) is 11.5. The van der Waals surface area contributed by atoms with Crippen LogP contribution in [-0.4, -0.2) is 12.1 Å². The molecule has 0 heterocycles. The van der Waals surface area contributed by atoms with E-state index >= 15 is 0 Å². The summed E-state index contributed by atoms with van der Waals surface area (Å²) in [4.78, 5) is 12.8. The standard InChI is InChI=1S/C49H82O2/c1-7-8-9-10-11-12-13-14-15-16-17-18-19-20-21-22-23-24-25-29-47(50)51-42-34-36-48(5)41(38-42)30-31-43-45-33-32-44(40(4)28-26-27-39(2)3)49(45,6)37-35-46(43)48/h11-12,14-15,17-18,30,39-40,42-46H,7-10,13,16,19-29,31-38H2,1-6H3/b12-11-,15-14-,18-17-. The Kier molecular flexibility index (Phi) is 18.2. The van der Waals surface area contributed by atoms with Crippen LogP contribution in [0.1, 0.15) is 202 Å².